The number of benzene rings is 1. The molecule has 0 radical (unpaired) electrons. The minimum Gasteiger partial charge on any atom is -0.480 e. The van der Waals surface area contributed by atoms with Gasteiger partial charge in [0.25, 0.3) is 0 Å². The van der Waals surface area contributed by atoms with Crippen molar-refractivity contribution in [3.05, 3.63) is 35.9 Å². The van der Waals surface area contributed by atoms with Gasteiger partial charge in [-0.3, -0.25) is 0 Å². The third-order valence-corrected chi connectivity index (χ3v) is 3.37. The van der Waals surface area contributed by atoms with Crippen molar-refractivity contribution < 1.29 is 14.7 Å². The molecule has 1 saturated heterocycles. The normalized spacial score (nSPS) is 18.4. The topological polar surface area (TPSA) is 60.9 Å². The quantitative estimate of drug-likeness (QED) is 0.903. The van der Waals surface area contributed by atoms with Crippen LogP contribution in [0.2, 0.25) is 0 Å². The highest BCUT2D eigenvalue weighted by molar-refractivity contribution is 5.83. The third kappa shape index (κ3) is 3.05. The van der Waals surface area contributed by atoms with Crippen molar-refractivity contribution in [1.82, 2.24) is 9.80 Å². The first-order valence-electron chi connectivity index (χ1n) is 6.38. The molecule has 1 aromatic carbocycles. The maximum atomic E-state index is 12.3. The van der Waals surface area contributed by atoms with E-state index in [2.05, 4.69) is 0 Å². The molecular weight excluding hydrogens is 244 g/mol. The highest BCUT2D eigenvalue weighted by Crippen LogP contribution is 2.19. The molecule has 1 aliphatic heterocycles. The molecule has 1 aliphatic rings. The zero-order chi connectivity index (χ0) is 13.8. The SMILES string of the molecule is CN(Cc1ccccc1)C(=O)N1CCCC1C(=O)O. The maximum Gasteiger partial charge on any atom is 0.326 e. The van der Waals surface area contributed by atoms with Crippen LogP contribution in [0.1, 0.15) is 18.4 Å². The van der Waals surface area contributed by atoms with Crippen LogP contribution in [0.5, 0.6) is 0 Å². The number of amides is 2. The van der Waals surface area contributed by atoms with E-state index in [0.717, 1.165) is 12.0 Å². The van der Waals surface area contributed by atoms with Crippen LogP contribution in [0.4, 0.5) is 4.79 Å². The Labute approximate surface area is 112 Å². The van der Waals surface area contributed by atoms with E-state index in [1.54, 1.807) is 11.9 Å². The molecule has 0 spiro atoms. The number of hydrogen-bond acceptors (Lipinski definition) is 2. The molecule has 0 saturated carbocycles. The van der Waals surface area contributed by atoms with E-state index in [-0.39, 0.29) is 6.03 Å². The van der Waals surface area contributed by atoms with E-state index in [9.17, 15) is 9.59 Å². The first-order chi connectivity index (χ1) is 9.09. The molecule has 1 atom stereocenters. The minimum atomic E-state index is -0.918. The number of carbonyl (C=O) groups excluding carboxylic acids is 1. The molecule has 19 heavy (non-hydrogen) atoms. The van der Waals surface area contributed by atoms with Crippen molar-refractivity contribution in [3.63, 3.8) is 0 Å². The Hall–Kier alpha value is -2.04. The lowest BCUT2D eigenvalue weighted by Gasteiger charge is -2.27. The number of carboxylic acid groups (broad SMARTS) is 1. The second-order valence-corrected chi connectivity index (χ2v) is 4.81. The predicted octanol–water partition coefficient (Wildman–Crippen LogP) is 1.79. The number of hydrogen-bond donors (Lipinski definition) is 1. The molecule has 5 nitrogen and oxygen atoms in total. The molecule has 1 fully saturated rings. The van der Waals surface area contributed by atoms with Crippen LogP contribution in [0.3, 0.4) is 0 Å². The summed E-state index contributed by atoms with van der Waals surface area (Å²) in [5.41, 5.74) is 1.03. The summed E-state index contributed by atoms with van der Waals surface area (Å²) in [7, 11) is 1.70. The molecule has 0 bridgehead atoms. The molecule has 2 amide bonds. The number of aliphatic carboxylic acids is 1. The fourth-order valence-corrected chi connectivity index (χ4v) is 2.40. The zero-order valence-electron chi connectivity index (χ0n) is 11.0. The van der Waals surface area contributed by atoms with Crippen molar-refractivity contribution >= 4 is 12.0 Å². The Morgan fingerprint density at radius 2 is 2.05 bits per heavy atom. The number of likely N-dealkylation sites (tertiary alicyclic amines) is 1. The highest BCUT2D eigenvalue weighted by atomic mass is 16.4. The van der Waals surface area contributed by atoms with E-state index >= 15 is 0 Å². The maximum absolute atomic E-state index is 12.3. The van der Waals surface area contributed by atoms with Gasteiger partial charge in [-0.25, -0.2) is 9.59 Å². The van der Waals surface area contributed by atoms with Gasteiger partial charge in [0.15, 0.2) is 0 Å². The van der Waals surface area contributed by atoms with Gasteiger partial charge >= 0.3 is 12.0 Å². The highest BCUT2D eigenvalue weighted by Gasteiger charge is 2.35. The summed E-state index contributed by atoms with van der Waals surface area (Å²) in [5, 5.41) is 9.09. The van der Waals surface area contributed by atoms with E-state index < -0.39 is 12.0 Å². The van der Waals surface area contributed by atoms with E-state index in [1.165, 1.54) is 4.90 Å². The summed E-state index contributed by atoms with van der Waals surface area (Å²) in [4.78, 5) is 26.4. The number of rotatable bonds is 3. The Morgan fingerprint density at radius 3 is 2.68 bits per heavy atom. The van der Waals surface area contributed by atoms with E-state index in [0.29, 0.717) is 19.5 Å². The van der Waals surface area contributed by atoms with Crippen LogP contribution in [-0.4, -0.2) is 46.5 Å². The summed E-state index contributed by atoms with van der Waals surface area (Å²) in [5.74, 6) is -0.918. The monoisotopic (exact) mass is 262 g/mol. The number of carbonyl (C=O) groups is 2. The van der Waals surface area contributed by atoms with Gasteiger partial charge < -0.3 is 14.9 Å². The summed E-state index contributed by atoms with van der Waals surface area (Å²) >= 11 is 0. The summed E-state index contributed by atoms with van der Waals surface area (Å²) in [6, 6.07) is 8.77. The molecule has 1 aromatic rings. The summed E-state index contributed by atoms with van der Waals surface area (Å²) < 4.78 is 0. The van der Waals surface area contributed by atoms with E-state index in [1.807, 2.05) is 30.3 Å². The minimum absolute atomic E-state index is 0.214. The Balaban J connectivity index is 2.01. The molecule has 1 N–H and O–H groups in total. The molecule has 0 aromatic heterocycles. The number of urea groups is 1. The average Bonchev–Trinajstić information content (AvgIpc) is 2.88. The van der Waals surface area contributed by atoms with Crippen molar-refractivity contribution in [2.75, 3.05) is 13.6 Å². The van der Waals surface area contributed by atoms with Crippen molar-refractivity contribution in [3.8, 4) is 0 Å². The van der Waals surface area contributed by atoms with Gasteiger partial charge in [-0.1, -0.05) is 30.3 Å². The van der Waals surface area contributed by atoms with Crippen LogP contribution in [0.25, 0.3) is 0 Å². The Morgan fingerprint density at radius 1 is 1.37 bits per heavy atom. The summed E-state index contributed by atoms with van der Waals surface area (Å²) in [6.07, 6.45) is 1.29. The van der Waals surface area contributed by atoms with Gasteiger partial charge in [0.2, 0.25) is 0 Å². The fourth-order valence-electron chi connectivity index (χ4n) is 2.40. The molecule has 0 aliphatic carbocycles. The lowest BCUT2D eigenvalue weighted by molar-refractivity contribution is -0.141. The van der Waals surface area contributed by atoms with Crippen LogP contribution in [0, 0.1) is 0 Å². The van der Waals surface area contributed by atoms with Crippen LogP contribution >= 0.6 is 0 Å². The first kappa shape index (κ1) is 13.4. The van der Waals surface area contributed by atoms with Crippen molar-refractivity contribution in [2.24, 2.45) is 0 Å². The van der Waals surface area contributed by atoms with E-state index in [4.69, 9.17) is 5.11 Å². The second-order valence-electron chi connectivity index (χ2n) is 4.81. The van der Waals surface area contributed by atoms with Gasteiger partial charge in [-0.2, -0.15) is 0 Å². The summed E-state index contributed by atoms with van der Waals surface area (Å²) in [6.45, 7) is 1.01. The smallest absolute Gasteiger partial charge is 0.326 e. The Bertz CT molecular complexity index is 461. The third-order valence-electron chi connectivity index (χ3n) is 3.37. The molecule has 102 valence electrons. The zero-order valence-corrected chi connectivity index (χ0v) is 11.0. The average molecular weight is 262 g/mol. The van der Waals surface area contributed by atoms with Gasteiger partial charge in [-0.15, -0.1) is 0 Å². The number of carboxylic acids is 1. The Kier molecular flexibility index (Phi) is 4.04. The van der Waals surface area contributed by atoms with Gasteiger partial charge in [-0.05, 0) is 18.4 Å². The molecule has 1 unspecified atom stereocenters. The molecule has 5 heteroatoms. The largest absolute Gasteiger partial charge is 0.480 e. The lowest BCUT2D eigenvalue weighted by Crippen LogP contribution is -2.46. The van der Waals surface area contributed by atoms with Gasteiger partial charge in [0, 0.05) is 20.1 Å². The molecular formula is C14H18N2O3. The number of nitrogens with zero attached hydrogens (tertiary/aromatic N) is 2. The lowest BCUT2D eigenvalue weighted by atomic mass is 10.2. The van der Waals surface area contributed by atoms with Gasteiger partial charge in [0.05, 0.1) is 0 Å². The molecule has 2 rings (SSSR count). The standard InChI is InChI=1S/C14H18N2O3/c1-15(10-11-6-3-2-4-7-11)14(19)16-9-5-8-12(16)13(17)18/h2-4,6-7,12H,5,8-10H2,1H3,(H,17,18). The van der Waals surface area contributed by atoms with Crippen molar-refractivity contribution in [1.29, 1.82) is 0 Å². The van der Waals surface area contributed by atoms with Crippen LogP contribution in [-0.2, 0) is 11.3 Å². The van der Waals surface area contributed by atoms with Crippen LogP contribution < -0.4 is 0 Å². The predicted molar refractivity (Wildman–Crippen MR) is 70.7 cm³/mol. The van der Waals surface area contributed by atoms with Gasteiger partial charge in [0.1, 0.15) is 6.04 Å². The fraction of sp³-hybridized carbons (Fsp3) is 0.429. The first-order valence-corrected chi connectivity index (χ1v) is 6.38. The second kappa shape index (κ2) is 5.73. The van der Waals surface area contributed by atoms with Crippen molar-refractivity contribution in [2.45, 2.75) is 25.4 Å². The van der Waals surface area contributed by atoms with Crippen LogP contribution in [0.15, 0.2) is 30.3 Å². The molecule has 1 heterocycles.